The highest BCUT2D eigenvalue weighted by atomic mass is 16.7. The van der Waals surface area contributed by atoms with Gasteiger partial charge in [0, 0.05) is 6.42 Å². The van der Waals surface area contributed by atoms with Gasteiger partial charge in [0.25, 0.3) is 0 Å². The summed E-state index contributed by atoms with van der Waals surface area (Å²) >= 11 is 0. The molecular weight excluding hydrogens is 1240 g/mol. The van der Waals surface area contributed by atoms with Gasteiger partial charge in [0.15, 0.2) is 12.6 Å². The molecule has 2 rings (SSSR count). The van der Waals surface area contributed by atoms with Crippen LogP contribution in [-0.4, -0.2) is 140 Å². The SMILES string of the molecule is CCCCCCCCCCCCCCCCCCCCCCCCCCCCCCCCCCCC(=O)NC(COC1OC(CO)C(OC2OC(CO)C(O)C(O)C2O)C(O)C1O)C(O)CCCCCCCCCCCCCCCCCCCCCCCCCCCCCCCCCC. The fraction of sp³-hybridized carbons (Fsp3) is 0.988. The van der Waals surface area contributed by atoms with E-state index in [1.807, 2.05) is 0 Å². The smallest absolute Gasteiger partial charge is 0.220 e. The first-order valence-corrected chi connectivity index (χ1v) is 43.8. The Labute approximate surface area is 610 Å². The van der Waals surface area contributed by atoms with Crippen molar-refractivity contribution < 1.29 is 64.6 Å². The maximum atomic E-state index is 13.4. The van der Waals surface area contributed by atoms with Gasteiger partial charge >= 0.3 is 0 Å². The van der Waals surface area contributed by atoms with Gasteiger partial charge in [0.05, 0.1) is 32.0 Å². The van der Waals surface area contributed by atoms with Crippen molar-refractivity contribution in [1.82, 2.24) is 5.32 Å². The van der Waals surface area contributed by atoms with Crippen LogP contribution < -0.4 is 5.32 Å². The van der Waals surface area contributed by atoms with Crippen LogP contribution in [0.15, 0.2) is 0 Å². The van der Waals surface area contributed by atoms with E-state index in [4.69, 9.17) is 18.9 Å². The molecule has 2 fully saturated rings. The van der Waals surface area contributed by atoms with E-state index in [2.05, 4.69) is 19.2 Å². The lowest BCUT2D eigenvalue weighted by Gasteiger charge is -2.46. The van der Waals surface area contributed by atoms with E-state index in [0.717, 1.165) is 51.4 Å². The fourth-order valence-corrected chi connectivity index (χ4v) is 15.2. The molecule has 0 radical (unpaired) electrons. The first-order valence-electron chi connectivity index (χ1n) is 43.8. The summed E-state index contributed by atoms with van der Waals surface area (Å²) in [6.07, 6.45) is 71.8. The van der Waals surface area contributed by atoms with E-state index in [1.54, 1.807) is 0 Å². The Bertz CT molecular complexity index is 1660. The molecule has 99 heavy (non-hydrogen) atoms. The second kappa shape index (κ2) is 70.0. The van der Waals surface area contributed by atoms with Crippen LogP contribution in [-0.2, 0) is 23.7 Å². The molecule has 1 amide bonds. The van der Waals surface area contributed by atoms with Gasteiger partial charge in [-0.05, 0) is 12.8 Å². The van der Waals surface area contributed by atoms with E-state index in [1.165, 1.54) is 366 Å². The van der Waals surface area contributed by atoms with Gasteiger partial charge in [-0.1, -0.05) is 425 Å². The summed E-state index contributed by atoms with van der Waals surface area (Å²) in [6.45, 7) is 2.96. The Morgan fingerprint density at radius 2 is 0.576 bits per heavy atom. The zero-order valence-electron chi connectivity index (χ0n) is 65.0. The van der Waals surface area contributed by atoms with E-state index in [9.17, 15) is 45.6 Å². The lowest BCUT2D eigenvalue weighted by molar-refractivity contribution is -0.359. The third-order valence-electron chi connectivity index (χ3n) is 22.1. The predicted molar refractivity (Wildman–Crippen MR) is 411 cm³/mol. The molecule has 0 aliphatic carbocycles. The minimum Gasteiger partial charge on any atom is -0.394 e. The van der Waals surface area contributed by atoms with Gasteiger partial charge in [-0.15, -0.1) is 0 Å². The molecule has 0 aromatic carbocycles. The highest BCUT2D eigenvalue weighted by Crippen LogP contribution is 2.31. The van der Waals surface area contributed by atoms with Crippen molar-refractivity contribution in [3.63, 3.8) is 0 Å². The molecule has 12 unspecified atom stereocenters. The fourth-order valence-electron chi connectivity index (χ4n) is 15.2. The second-order valence-electron chi connectivity index (χ2n) is 31.4. The molecular formula is C85H167NO13. The number of carbonyl (C=O) groups is 1. The van der Waals surface area contributed by atoms with Crippen molar-refractivity contribution in [1.29, 1.82) is 0 Å². The quantitative estimate of drug-likeness (QED) is 0.0259. The van der Waals surface area contributed by atoms with Crippen molar-refractivity contribution in [2.45, 2.75) is 518 Å². The maximum absolute atomic E-state index is 13.4. The minimum absolute atomic E-state index is 0.194. The molecule has 2 aliphatic rings. The Morgan fingerprint density at radius 1 is 0.323 bits per heavy atom. The molecule has 2 aliphatic heterocycles. The number of unbranched alkanes of at least 4 members (excludes halogenated alkanes) is 63. The number of rotatable bonds is 76. The normalized spacial score (nSPS) is 21.8. The number of aliphatic hydroxyl groups excluding tert-OH is 8. The van der Waals surface area contributed by atoms with Gasteiger partial charge in [-0.25, -0.2) is 0 Å². The van der Waals surface area contributed by atoms with Crippen LogP contribution in [0.25, 0.3) is 0 Å². The molecule has 2 saturated heterocycles. The lowest BCUT2D eigenvalue weighted by atomic mass is 9.97. The van der Waals surface area contributed by atoms with Crippen LogP contribution >= 0.6 is 0 Å². The van der Waals surface area contributed by atoms with Gasteiger partial charge in [-0.2, -0.15) is 0 Å². The average Bonchev–Trinajstić information content (AvgIpc) is 0.793. The third-order valence-corrected chi connectivity index (χ3v) is 22.1. The topological polar surface area (TPSA) is 228 Å². The standard InChI is InChI=1S/C85H167NO13/c1-3-5-7-9-11-13-15-17-19-21-23-25-27-29-31-33-35-37-39-41-43-45-47-49-51-53-55-57-59-61-63-65-67-69-77(90)86-73(72-96-84-82(95)80(93)83(76(71-88)98-84)99-85-81(94)79(92)78(91)75(70-87)97-85)74(89)68-66-64-62-60-58-56-54-52-50-48-46-44-42-40-38-36-34-32-30-28-26-24-22-20-18-16-14-12-10-8-6-4-2/h73-76,78-85,87-89,91-95H,3-72H2,1-2H3,(H,86,90). The zero-order valence-corrected chi connectivity index (χ0v) is 65.0. The third kappa shape index (κ3) is 52.6. The summed E-state index contributed by atoms with van der Waals surface area (Å²) in [5, 5.41) is 88.0. The minimum atomic E-state index is -1.78. The molecule has 2 heterocycles. The molecule has 0 saturated carbocycles. The van der Waals surface area contributed by atoms with Gasteiger partial charge in [0.1, 0.15) is 48.8 Å². The molecule has 0 spiro atoms. The van der Waals surface area contributed by atoms with Crippen molar-refractivity contribution in [2.24, 2.45) is 0 Å². The van der Waals surface area contributed by atoms with E-state index < -0.39 is 86.8 Å². The van der Waals surface area contributed by atoms with Crippen LogP contribution in [0.4, 0.5) is 0 Å². The van der Waals surface area contributed by atoms with Crippen molar-refractivity contribution in [3.8, 4) is 0 Å². The Kier molecular flexibility index (Phi) is 66.5. The zero-order chi connectivity index (χ0) is 71.5. The summed E-state index contributed by atoms with van der Waals surface area (Å²) < 4.78 is 23.0. The molecule has 14 nitrogen and oxygen atoms in total. The summed E-state index contributed by atoms with van der Waals surface area (Å²) in [7, 11) is 0. The molecule has 590 valence electrons. The lowest BCUT2D eigenvalue weighted by Crippen LogP contribution is -2.65. The molecule has 9 N–H and O–H groups in total. The van der Waals surface area contributed by atoms with Gasteiger partial charge < -0.3 is 65.1 Å². The van der Waals surface area contributed by atoms with Crippen LogP contribution in [0.5, 0.6) is 0 Å². The molecule has 0 bridgehead atoms. The number of hydrogen-bond acceptors (Lipinski definition) is 13. The van der Waals surface area contributed by atoms with Crippen molar-refractivity contribution >= 4 is 5.91 Å². The van der Waals surface area contributed by atoms with Gasteiger partial charge in [-0.3, -0.25) is 4.79 Å². The highest BCUT2D eigenvalue weighted by Gasteiger charge is 2.51. The Morgan fingerprint density at radius 3 is 0.859 bits per heavy atom. The highest BCUT2D eigenvalue weighted by molar-refractivity contribution is 5.76. The summed E-state index contributed by atoms with van der Waals surface area (Å²) in [4.78, 5) is 13.4. The molecule has 0 aromatic rings. The maximum Gasteiger partial charge on any atom is 0.220 e. The average molecular weight is 1410 g/mol. The van der Waals surface area contributed by atoms with E-state index in [-0.39, 0.29) is 12.5 Å². The number of carbonyl (C=O) groups excluding carboxylic acids is 1. The summed E-state index contributed by atoms with van der Waals surface area (Å²) in [5.74, 6) is -0.194. The van der Waals surface area contributed by atoms with Crippen LogP contribution in [0, 0.1) is 0 Å². The predicted octanol–water partition coefficient (Wildman–Crippen LogP) is 20.6. The van der Waals surface area contributed by atoms with E-state index in [0.29, 0.717) is 12.8 Å². The largest absolute Gasteiger partial charge is 0.394 e. The Balaban J connectivity index is 1.56. The van der Waals surface area contributed by atoms with Crippen LogP contribution in [0.2, 0.25) is 0 Å². The monoisotopic (exact) mass is 1410 g/mol. The first-order chi connectivity index (χ1) is 48.6. The summed E-state index contributed by atoms with van der Waals surface area (Å²) in [6, 6.07) is -0.826. The number of aliphatic hydroxyl groups is 8. The number of ether oxygens (including phenoxy) is 4. The molecule has 12 atom stereocenters. The van der Waals surface area contributed by atoms with Crippen molar-refractivity contribution in [3.05, 3.63) is 0 Å². The molecule has 0 aromatic heterocycles. The number of hydrogen-bond donors (Lipinski definition) is 9. The van der Waals surface area contributed by atoms with Crippen LogP contribution in [0.3, 0.4) is 0 Å². The molecule has 14 heteroatoms. The van der Waals surface area contributed by atoms with E-state index >= 15 is 0 Å². The van der Waals surface area contributed by atoms with Crippen molar-refractivity contribution in [2.75, 3.05) is 19.8 Å². The first kappa shape index (κ1) is 94.1. The second-order valence-corrected chi connectivity index (χ2v) is 31.4. The number of nitrogens with one attached hydrogen (secondary N) is 1. The van der Waals surface area contributed by atoms with Gasteiger partial charge in [0.2, 0.25) is 5.91 Å². The summed E-state index contributed by atoms with van der Waals surface area (Å²) in [5.41, 5.74) is 0. The van der Waals surface area contributed by atoms with Crippen LogP contribution in [0.1, 0.15) is 444 Å². The number of amides is 1. The Hall–Kier alpha value is -1.01.